The molecule has 0 aliphatic carbocycles. The Kier molecular flexibility index (Phi) is 3.49. The van der Waals surface area contributed by atoms with E-state index in [1.165, 1.54) is 0 Å². The van der Waals surface area contributed by atoms with Crippen molar-refractivity contribution < 1.29 is 4.79 Å². The van der Waals surface area contributed by atoms with Crippen LogP contribution >= 0.6 is 11.3 Å². The standard InChI is InChI=1S/C16H16N4O2S/c21-10-19-5-3-11(4-6-19)13-9-16(22)17-15-8-12(18-20(13)15)14-2-1-7-23-14/h1-2,7-11H,3-6H2,(H,17,22). The average Bonchev–Trinajstić information content (AvgIpc) is 3.23. The van der Waals surface area contributed by atoms with Gasteiger partial charge in [-0.2, -0.15) is 5.10 Å². The van der Waals surface area contributed by atoms with Crippen molar-refractivity contribution in [3.05, 3.63) is 45.7 Å². The predicted octanol–water partition coefficient (Wildman–Crippen LogP) is 2.09. The lowest BCUT2D eigenvalue weighted by Gasteiger charge is -2.29. The molecule has 0 saturated carbocycles. The number of hydrogen-bond donors (Lipinski definition) is 1. The van der Waals surface area contributed by atoms with E-state index in [1.807, 2.05) is 28.1 Å². The number of rotatable bonds is 3. The van der Waals surface area contributed by atoms with Crippen LogP contribution in [-0.4, -0.2) is 39.0 Å². The third-order valence-electron chi connectivity index (χ3n) is 4.35. The Hall–Kier alpha value is -2.41. The summed E-state index contributed by atoms with van der Waals surface area (Å²) in [6.45, 7) is 1.45. The Bertz CT molecular complexity index is 889. The molecule has 23 heavy (non-hydrogen) atoms. The summed E-state index contributed by atoms with van der Waals surface area (Å²) in [4.78, 5) is 28.6. The Morgan fingerprint density at radius 1 is 1.30 bits per heavy atom. The van der Waals surface area contributed by atoms with Crippen molar-refractivity contribution in [3.63, 3.8) is 0 Å². The van der Waals surface area contributed by atoms with Gasteiger partial charge in [-0.3, -0.25) is 9.59 Å². The zero-order chi connectivity index (χ0) is 15.8. The van der Waals surface area contributed by atoms with Crippen LogP contribution in [-0.2, 0) is 4.79 Å². The third kappa shape index (κ3) is 2.57. The molecule has 0 bridgehead atoms. The largest absolute Gasteiger partial charge is 0.345 e. The van der Waals surface area contributed by atoms with E-state index < -0.39 is 0 Å². The van der Waals surface area contributed by atoms with Crippen LogP contribution < -0.4 is 5.56 Å². The molecule has 1 amide bonds. The van der Waals surface area contributed by atoms with Crippen LogP contribution in [0.1, 0.15) is 24.5 Å². The minimum Gasteiger partial charge on any atom is -0.345 e. The molecule has 4 rings (SSSR count). The Morgan fingerprint density at radius 2 is 2.13 bits per heavy atom. The van der Waals surface area contributed by atoms with Gasteiger partial charge in [-0.05, 0) is 24.3 Å². The zero-order valence-corrected chi connectivity index (χ0v) is 13.3. The molecular formula is C16H16N4O2S. The first-order valence-electron chi connectivity index (χ1n) is 7.61. The summed E-state index contributed by atoms with van der Waals surface area (Å²) in [6, 6.07) is 7.56. The molecule has 0 spiro atoms. The predicted molar refractivity (Wildman–Crippen MR) is 88.7 cm³/mol. The van der Waals surface area contributed by atoms with E-state index in [0.29, 0.717) is 5.65 Å². The van der Waals surface area contributed by atoms with Gasteiger partial charge in [0.1, 0.15) is 11.3 Å². The van der Waals surface area contributed by atoms with Gasteiger partial charge in [-0.25, -0.2) is 4.52 Å². The van der Waals surface area contributed by atoms with E-state index in [9.17, 15) is 9.59 Å². The van der Waals surface area contributed by atoms with Crippen LogP contribution in [0.25, 0.3) is 16.2 Å². The van der Waals surface area contributed by atoms with Crippen molar-refractivity contribution in [1.82, 2.24) is 19.5 Å². The van der Waals surface area contributed by atoms with Crippen molar-refractivity contribution >= 4 is 23.4 Å². The van der Waals surface area contributed by atoms with Crippen LogP contribution in [0.2, 0.25) is 0 Å². The van der Waals surface area contributed by atoms with Gasteiger partial charge in [-0.1, -0.05) is 6.07 Å². The number of aromatic amines is 1. The van der Waals surface area contributed by atoms with Crippen molar-refractivity contribution in [2.45, 2.75) is 18.8 Å². The van der Waals surface area contributed by atoms with Crippen LogP contribution in [0.3, 0.4) is 0 Å². The lowest BCUT2D eigenvalue weighted by molar-refractivity contribution is -0.119. The number of fused-ring (bicyclic) bond motifs is 1. The van der Waals surface area contributed by atoms with E-state index in [0.717, 1.165) is 48.6 Å². The number of amides is 1. The number of carbonyl (C=O) groups excluding carboxylic acids is 1. The van der Waals surface area contributed by atoms with Gasteiger partial charge in [0, 0.05) is 31.1 Å². The van der Waals surface area contributed by atoms with Crippen LogP contribution in [0, 0.1) is 0 Å². The molecule has 0 aromatic carbocycles. The smallest absolute Gasteiger partial charge is 0.251 e. The first-order valence-corrected chi connectivity index (χ1v) is 8.49. The van der Waals surface area contributed by atoms with Crippen LogP contribution in [0.5, 0.6) is 0 Å². The maximum absolute atomic E-state index is 12.0. The fourth-order valence-corrected chi connectivity index (χ4v) is 3.84. The summed E-state index contributed by atoms with van der Waals surface area (Å²) in [5.41, 5.74) is 2.40. The molecule has 6 nitrogen and oxygen atoms in total. The summed E-state index contributed by atoms with van der Waals surface area (Å²) >= 11 is 1.63. The van der Waals surface area contributed by atoms with Crippen molar-refractivity contribution in [2.75, 3.05) is 13.1 Å². The first-order chi connectivity index (χ1) is 11.2. The number of piperidine rings is 1. The molecule has 0 atom stereocenters. The lowest BCUT2D eigenvalue weighted by Crippen LogP contribution is -2.32. The molecule has 1 N–H and O–H groups in total. The number of hydrogen-bond acceptors (Lipinski definition) is 4. The number of aromatic nitrogens is 3. The van der Waals surface area contributed by atoms with E-state index in [4.69, 9.17) is 0 Å². The van der Waals surface area contributed by atoms with Gasteiger partial charge in [0.25, 0.3) is 5.56 Å². The summed E-state index contributed by atoms with van der Waals surface area (Å²) < 4.78 is 1.84. The molecule has 3 aromatic heterocycles. The second-order valence-electron chi connectivity index (χ2n) is 5.78. The maximum Gasteiger partial charge on any atom is 0.251 e. The molecule has 7 heteroatoms. The van der Waals surface area contributed by atoms with Gasteiger partial charge in [-0.15, -0.1) is 11.3 Å². The quantitative estimate of drug-likeness (QED) is 0.748. The molecule has 1 fully saturated rings. The number of nitrogens with zero attached hydrogens (tertiary/aromatic N) is 3. The highest BCUT2D eigenvalue weighted by molar-refractivity contribution is 7.13. The van der Waals surface area contributed by atoms with Gasteiger partial charge in [0.05, 0.1) is 10.6 Å². The van der Waals surface area contributed by atoms with Gasteiger partial charge >= 0.3 is 0 Å². The minimum absolute atomic E-state index is 0.108. The molecule has 1 aliphatic rings. The fourth-order valence-electron chi connectivity index (χ4n) is 3.16. The fraction of sp³-hybridized carbons (Fsp3) is 0.312. The van der Waals surface area contributed by atoms with Gasteiger partial charge < -0.3 is 9.88 Å². The molecule has 118 valence electrons. The number of carbonyl (C=O) groups is 1. The SMILES string of the molecule is O=CN1CCC(c2cc(=O)[nH]c3cc(-c4cccs4)nn23)CC1. The summed E-state index contributed by atoms with van der Waals surface area (Å²) in [6.07, 6.45) is 2.60. The maximum atomic E-state index is 12.0. The molecule has 0 radical (unpaired) electrons. The third-order valence-corrected chi connectivity index (χ3v) is 5.25. The normalized spacial score (nSPS) is 16.1. The molecule has 3 aromatic rings. The second kappa shape index (κ2) is 5.66. The van der Waals surface area contributed by atoms with Crippen molar-refractivity contribution in [3.8, 4) is 10.6 Å². The van der Waals surface area contributed by atoms with Crippen LogP contribution in [0.15, 0.2) is 34.4 Å². The number of thiophene rings is 1. The van der Waals surface area contributed by atoms with E-state index in [-0.39, 0.29) is 11.5 Å². The first kappa shape index (κ1) is 14.2. The summed E-state index contributed by atoms with van der Waals surface area (Å²) in [5.74, 6) is 0.243. The lowest BCUT2D eigenvalue weighted by atomic mass is 9.93. The number of H-pyrrole nitrogens is 1. The highest BCUT2D eigenvalue weighted by Crippen LogP contribution is 2.29. The topological polar surface area (TPSA) is 70.5 Å². The molecule has 1 saturated heterocycles. The Labute approximate surface area is 136 Å². The number of nitrogens with one attached hydrogen (secondary N) is 1. The van der Waals surface area contributed by atoms with E-state index in [2.05, 4.69) is 10.1 Å². The average molecular weight is 328 g/mol. The van der Waals surface area contributed by atoms with E-state index >= 15 is 0 Å². The highest BCUT2D eigenvalue weighted by atomic mass is 32.1. The minimum atomic E-state index is -0.108. The Morgan fingerprint density at radius 3 is 2.83 bits per heavy atom. The van der Waals surface area contributed by atoms with Gasteiger partial charge in [0.2, 0.25) is 6.41 Å². The van der Waals surface area contributed by atoms with Crippen LogP contribution in [0.4, 0.5) is 0 Å². The van der Waals surface area contributed by atoms with E-state index in [1.54, 1.807) is 22.3 Å². The Balaban J connectivity index is 1.77. The number of likely N-dealkylation sites (tertiary alicyclic amines) is 1. The monoisotopic (exact) mass is 328 g/mol. The zero-order valence-electron chi connectivity index (χ0n) is 12.4. The second-order valence-corrected chi connectivity index (χ2v) is 6.73. The van der Waals surface area contributed by atoms with Crippen molar-refractivity contribution in [1.29, 1.82) is 0 Å². The van der Waals surface area contributed by atoms with Crippen molar-refractivity contribution in [2.24, 2.45) is 0 Å². The van der Waals surface area contributed by atoms with Gasteiger partial charge in [0.15, 0.2) is 0 Å². The molecule has 0 unspecified atom stereocenters. The molecule has 1 aliphatic heterocycles. The molecular weight excluding hydrogens is 312 g/mol. The summed E-state index contributed by atoms with van der Waals surface area (Å²) in [7, 11) is 0. The molecule has 4 heterocycles. The highest BCUT2D eigenvalue weighted by Gasteiger charge is 2.23. The summed E-state index contributed by atoms with van der Waals surface area (Å²) in [5, 5.41) is 6.70.